The van der Waals surface area contributed by atoms with Gasteiger partial charge in [0, 0.05) is 18.7 Å². The van der Waals surface area contributed by atoms with Gasteiger partial charge in [-0.25, -0.2) is 4.79 Å². The first-order valence-corrected chi connectivity index (χ1v) is 10.7. The number of amides is 2. The monoisotopic (exact) mass is 452 g/mol. The van der Waals surface area contributed by atoms with E-state index in [4.69, 9.17) is 17.3 Å². The Bertz CT molecular complexity index is 1080. The number of allylic oxidation sites excluding steroid dienone is 2. The molecule has 0 aliphatic carbocycles. The van der Waals surface area contributed by atoms with Gasteiger partial charge in [0.1, 0.15) is 4.32 Å². The second kappa shape index (κ2) is 10.2. The van der Waals surface area contributed by atoms with E-state index in [1.54, 1.807) is 6.08 Å². The summed E-state index contributed by atoms with van der Waals surface area (Å²) in [5.41, 5.74) is 2.59. The Morgan fingerprint density at radius 1 is 1.13 bits per heavy atom. The van der Waals surface area contributed by atoms with E-state index in [9.17, 15) is 14.4 Å². The number of aromatic carboxylic acids is 1. The van der Waals surface area contributed by atoms with E-state index in [1.165, 1.54) is 40.9 Å². The fraction of sp³-hybridized carbons (Fsp3) is 0.130. The molecule has 1 heterocycles. The number of carboxylic acid groups (broad SMARTS) is 1. The molecule has 31 heavy (non-hydrogen) atoms. The summed E-state index contributed by atoms with van der Waals surface area (Å²) in [4.78, 5) is 37.8. The van der Waals surface area contributed by atoms with Crippen LogP contribution in [-0.4, -0.2) is 38.7 Å². The minimum Gasteiger partial charge on any atom is -0.478 e. The Morgan fingerprint density at radius 3 is 2.45 bits per heavy atom. The van der Waals surface area contributed by atoms with Crippen LogP contribution in [0.5, 0.6) is 0 Å². The lowest BCUT2D eigenvalue weighted by Gasteiger charge is -2.14. The van der Waals surface area contributed by atoms with Crippen LogP contribution in [0.1, 0.15) is 29.3 Å². The highest BCUT2D eigenvalue weighted by Crippen LogP contribution is 2.32. The third-order valence-electron chi connectivity index (χ3n) is 4.40. The van der Waals surface area contributed by atoms with Crippen LogP contribution in [0.25, 0.3) is 6.08 Å². The molecule has 2 aromatic rings. The topological polar surface area (TPSA) is 86.7 Å². The van der Waals surface area contributed by atoms with Gasteiger partial charge in [0.15, 0.2) is 0 Å². The molecule has 0 aromatic heterocycles. The summed E-state index contributed by atoms with van der Waals surface area (Å²) >= 11 is 6.54. The molecule has 0 unspecified atom stereocenters. The summed E-state index contributed by atoms with van der Waals surface area (Å²) < 4.78 is 0.419. The zero-order chi connectivity index (χ0) is 22.4. The van der Waals surface area contributed by atoms with E-state index in [2.05, 4.69) is 5.32 Å². The summed E-state index contributed by atoms with van der Waals surface area (Å²) in [6, 6.07) is 15.7. The first-order valence-electron chi connectivity index (χ1n) is 9.45. The van der Waals surface area contributed by atoms with Crippen LogP contribution in [0.2, 0.25) is 0 Å². The molecular formula is C23H20N2O4S2. The molecule has 2 aromatic carbocycles. The van der Waals surface area contributed by atoms with Gasteiger partial charge in [-0.05, 0) is 48.4 Å². The molecule has 0 bridgehead atoms. The lowest BCUT2D eigenvalue weighted by molar-refractivity contribution is -0.122. The number of anilines is 1. The molecule has 1 saturated heterocycles. The van der Waals surface area contributed by atoms with Crippen LogP contribution in [0, 0.1) is 0 Å². The molecule has 0 radical (unpaired) electrons. The van der Waals surface area contributed by atoms with Crippen molar-refractivity contribution in [3.8, 4) is 0 Å². The number of nitrogens with one attached hydrogen (secondary N) is 1. The Balaban J connectivity index is 1.57. The summed E-state index contributed by atoms with van der Waals surface area (Å²) in [6.07, 6.45) is 3.85. The Hall–Kier alpha value is -3.23. The Labute approximate surface area is 189 Å². The van der Waals surface area contributed by atoms with E-state index < -0.39 is 5.97 Å². The molecule has 2 amide bonds. The largest absolute Gasteiger partial charge is 0.478 e. The normalized spacial score (nSPS) is 15.5. The summed E-state index contributed by atoms with van der Waals surface area (Å²) in [6.45, 7) is 2.09. The van der Waals surface area contributed by atoms with E-state index in [0.29, 0.717) is 14.9 Å². The van der Waals surface area contributed by atoms with Crippen molar-refractivity contribution in [1.82, 2.24) is 4.90 Å². The van der Waals surface area contributed by atoms with Crippen molar-refractivity contribution in [2.75, 3.05) is 11.9 Å². The fourth-order valence-corrected chi connectivity index (χ4v) is 4.24. The van der Waals surface area contributed by atoms with Gasteiger partial charge >= 0.3 is 5.97 Å². The summed E-state index contributed by atoms with van der Waals surface area (Å²) in [5, 5.41) is 11.6. The molecule has 1 aliphatic heterocycles. The molecular weight excluding hydrogens is 432 g/mol. The third kappa shape index (κ3) is 6.13. The number of hydrogen-bond acceptors (Lipinski definition) is 5. The lowest BCUT2D eigenvalue weighted by atomic mass is 10.1. The van der Waals surface area contributed by atoms with E-state index >= 15 is 0 Å². The summed E-state index contributed by atoms with van der Waals surface area (Å²) in [5.74, 6) is -1.54. The SMILES string of the molecule is CC(/C=C1\SC(=S)N(CCC(=O)Nc2ccc(C(=O)O)cc2)C1=O)=C\c1ccccc1. The highest BCUT2D eigenvalue weighted by molar-refractivity contribution is 8.26. The minimum atomic E-state index is -1.03. The van der Waals surface area contributed by atoms with Crippen LogP contribution in [0.4, 0.5) is 5.69 Å². The number of carbonyl (C=O) groups excluding carboxylic acids is 2. The number of carboxylic acids is 1. The van der Waals surface area contributed by atoms with E-state index in [1.807, 2.05) is 43.3 Å². The molecule has 1 aliphatic rings. The number of thiocarbonyl (C=S) groups is 1. The van der Waals surface area contributed by atoms with E-state index in [-0.39, 0.29) is 30.3 Å². The predicted molar refractivity (Wildman–Crippen MR) is 127 cm³/mol. The summed E-state index contributed by atoms with van der Waals surface area (Å²) in [7, 11) is 0. The first-order chi connectivity index (χ1) is 14.8. The maximum absolute atomic E-state index is 12.7. The fourth-order valence-electron chi connectivity index (χ4n) is 2.89. The molecule has 0 atom stereocenters. The van der Waals surface area contributed by atoms with Crippen molar-refractivity contribution in [3.63, 3.8) is 0 Å². The standard InChI is InChI=1S/C23H20N2O4S2/c1-15(13-16-5-3-2-4-6-16)14-19-21(27)25(23(30)31-19)12-11-20(26)24-18-9-7-17(8-10-18)22(28)29/h2-10,13-14H,11-12H2,1H3,(H,24,26)(H,28,29)/b15-13+,19-14-. The van der Waals surface area contributed by atoms with Crippen LogP contribution in [-0.2, 0) is 9.59 Å². The molecule has 3 rings (SSSR count). The number of rotatable bonds is 7. The van der Waals surface area contributed by atoms with Crippen molar-refractivity contribution in [2.45, 2.75) is 13.3 Å². The van der Waals surface area contributed by atoms with Crippen molar-refractivity contribution in [3.05, 3.63) is 82.3 Å². The maximum Gasteiger partial charge on any atom is 0.335 e. The number of nitrogens with zero attached hydrogens (tertiary/aromatic N) is 1. The van der Waals surface area contributed by atoms with Gasteiger partial charge in [0.25, 0.3) is 5.91 Å². The van der Waals surface area contributed by atoms with Gasteiger partial charge in [-0.1, -0.05) is 60.4 Å². The molecule has 1 fully saturated rings. The van der Waals surface area contributed by atoms with Crippen LogP contribution >= 0.6 is 24.0 Å². The molecule has 0 spiro atoms. The Kier molecular flexibility index (Phi) is 7.38. The van der Waals surface area contributed by atoms with Gasteiger partial charge in [0.2, 0.25) is 5.91 Å². The van der Waals surface area contributed by atoms with Crippen molar-refractivity contribution < 1.29 is 19.5 Å². The lowest BCUT2D eigenvalue weighted by Crippen LogP contribution is -2.31. The van der Waals surface area contributed by atoms with Gasteiger partial charge in [-0.3, -0.25) is 14.5 Å². The minimum absolute atomic E-state index is 0.0687. The van der Waals surface area contributed by atoms with E-state index in [0.717, 1.165) is 11.1 Å². The maximum atomic E-state index is 12.7. The van der Waals surface area contributed by atoms with Crippen molar-refractivity contribution in [1.29, 1.82) is 0 Å². The molecule has 2 N–H and O–H groups in total. The molecule has 158 valence electrons. The van der Waals surface area contributed by atoms with Crippen molar-refractivity contribution in [2.24, 2.45) is 0 Å². The van der Waals surface area contributed by atoms with Gasteiger partial charge in [0.05, 0.1) is 10.5 Å². The van der Waals surface area contributed by atoms with Crippen LogP contribution in [0.3, 0.4) is 0 Å². The van der Waals surface area contributed by atoms with Gasteiger partial charge < -0.3 is 10.4 Å². The average molecular weight is 453 g/mol. The Morgan fingerprint density at radius 2 is 1.81 bits per heavy atom. The number of hydrogen-bond donors (Lipinski definition) is 2. The quantitative estimate of drug-likeness (QED) is 0.473. The van der Waals surface area contributed by atoms with Crippen molar-refractivity contribution >= 4 is 57.8 Å². The molecule has 8 heteroatoms. The number of thioether (sulfide) groups is 1. The smallest absolute Gasteiger partial charge is 0.335 e. The number of carbonyl (C=O) groups is 3. The zero-order valence-electron chi connectivity index (χ0n) is 16.7. The third-order valence-corrected chi connectivity index (χ3v) is 5.78. The zero-order valence-corrected chi connectivity index (χ0v) is 18.3. The second-order valence-electron chi connectivity index (χ2n) is 6.81. The number of benzene rings is 2. The highest BCUT2D eigenvalue weighted by Gasteiger charge is 2.32. The van der Waals surface area contributed by atoms with Gasteiger partial charge in [-0.15, -0.1) is 0 Å². The molecule has 0 saturated carbocycles. The average Bonchev–Trinajstić information content (AvgIpc) is 3.00. The highest BCUT2D eigenvalue weighted by atomic mass is 32.2. The first kappa shape index (κ1) is 22.5. The molecule has 6 nitrogen and oxygen atoms in total. The van der Waals surface area contributed by atoms with Gasteiger partial charge in [-0.2, -0.15) is 0 Å². The second-order valence-corrected chi connectivity index (χ2v) is 8.49. The van der Waals surface area contributed by atoms with Crippen LogP contribution < -0.4 is 5.32 Å². The van der Waals surface area contributed by atoms with Crippen LogP contribution in [0.15, 0.2) is 71.2 Å². The predicted octanol–water partition coefficient (Wildman–Crippen LogP) is 4.56.